The molecule has 0 aromatic heterocycles. The van der Waals surface area contributed by atoms with Crippen LogP contribution in [0.4, 0.5) is 27.1 Å². The van der Waals surface area contributed by atoms with Gasteiger partial charge in [0.1, 0.15) is 11.4 Å². The van der Waals surface area contributed by atoms with Crippen LogP contribution in [0.2, 0.25) is 5.02 Å². The number of benzene rings is 2. The molecule has 11 heteroatoms. The van der Waals surface area contributed by atoms with Crippen LogP contribution in [0.1, 0.15) is 19.3 Å². The van der Waals surface area contributed by atoms with Crippen LogP contribution in [0.15, 0.2) is 51.4 Å². The Hall–Kier alpha value is -1.62. The fourth-order valence-corrected chi connectivity index (χ4v) is 5.54. The second-order valence-corrected chi connectivity index (χ2v) is 10.5. The van der Waals surface area contributed by atoms with Gasteiger partial charge in [0.05, 0.1) is 21.1 Å². The van der Waals surface area contributed by atoms with Gasteiger partial charge in [-0.05, 0) is 43.5 Å². The van der Waals surface area contributed by atoms with Gasteiger partial charge in [0.15, 0.2) is 5.82 Å². The van der Waals surface area contributed by atoms with Crippen LogP contribution in [-0.4, -0.2) is 13.2 Å². The summed E-state index contributed by atoms with van der Waals surface area (Å²) in [7, 11) is -3.83. The standard InChI is InChI=1S/C18H17BrClFN4O2S2/c1-2-5-18(6-7-18)29(26,27)25-13-9-14(28)17(24-22)15(21)16(13)23-12-4-3-10(19)8-11(12)20/h2-4,8-9,22-23,25,28H,1,5-7H2. The van der Waals surface area contributed by atoms with Crippen molar-refractivity contribution in [2.24, 2.45) is 5.11 Å². The zero-order chi connectivity index (χ0) is 21.4. The summed E-state index contributed by atoms with van der Waals surface area (Å²) in [5.74, 6) is -0.919. The Kier molecular flexibility index (Phi) is 6.28. The molecule has 2 aromatic carbocycles. The number of thiol groups is 1. The molecule has 6 nitrogen and oxygen atoms in total. The number of allylic oxidation sites excluding steroid dienone is 1. The Morgan fingerprint density at radius 2 is 2.07 bits per heavy atom. The molecule has 0 radical (unpaired) electrons. The molecule has 1 aliphatic carbocycles. The van der Waals surface area contributed by atoms with Crippen LogP contribution in [0, 0.1) is 11.3 Å². The van der Waals surface area contributed by atoms with Crippen LogP contribution in [0.3, 0.4) is 0 Å². The van der Waals surface area contributed by atoms with E-state index in [9.17, 15) is 8.42 Å². The Balaban J connectivity index is 2.09. The molecule has 0 aliphatic heterocycles. The van der Waals surface area contributed by atoms with Crippen LogP contribution in [0.25, 0.3) is 0 Å². The predicted octanol–water partition coefficient (Wildman–Crippen LogP) is 6.79. The number of nitrogens with zero attached hydrogens (tertiary/aromatic N) is 1. The van der Waals surface area contributed by atoms with Crippen LogP contribution < -0.4 is 10.0 Å². The lowest BCUT2D eigenvalue weighted by atomic mass is 10.2. The van der Waals surface area contributed by atoms with Crippen molar-refractivity contribution >= 4 is 72.9 Å². The Bertz CT molecular complexity index is 1110. The third kappa shape index (κ3) is 4.30. The number of anilines is 3. The molecule has 1 fully saturated rings. The average molecular weight is 520 g/mol. The molecule has 0 spiro atoms. The first kappa shape index (κ1) is 22.1. The Morgan fingerprint density at radius 1 is 1.38 bits per heavy atom. The summed E-state index contributed by atoms with van der Waals surface area (Å²) < 4.78 is 43.2. The molecule has 29 heavy (non-hydrogen) atoms. The Morgan fingerprint density at radius 3 is 2.62 bits per heavy atom. The summed E-state index contributed by atoms with van der Waals surface area (Å²) in [6.45, 7) is 3.62. The first-order valence-corrected chi connectivity index (χ1v) is 11.5. The zero-order valence-corrected chi connectivity index (χ0v) is 19.0. The van der Waals surface area contributed by atoms with E-state index >= 15 is 4.39 Å². The monoisotopic (exact) mass is 518 g/mol. The molecule has 0 amide bonds. The molecule has 2 aromatic rings. The summed E-state index contributed by atoms with van der Waals surface area (Å²) in [6.07, 6.45) is 2.83. The lowest BCUT2D eigenvalue weighted by Gasteiger charge is -2.21. The topological polar surface area (TPSA) is 94.4 Å². The van der Waals surface area contributed by atoms with Crippen molar-refractivity contribution in [3.63, 3.8) is 0 Å². The summed E-state index contributed by atoms with van der Waals surface area (Å²) in [4.78, 5) is 0.0243. The molecular formula is C18H17BrClFN4O2S2. The lowest BCUT2D eigenvalue weighted by Crippen LogP contribution is -2.29. The van der Waals surface area contributed by atoms with E-state index in [2.05, 4.69) is 50.3 Å². The van der Waals surface area contributed by atoms with E-state index in [1.54, 1.807) is 24.3 Å². The van der Waals surface area contributed by atoms with Crippen LogP contribution >= 0.6 is 40.2 Å². The number of hydrogen-bond donors (Lipinski definition) is 4. The molecule has 0 atom stereocenters. The van der Waals surface area contributed by atoms with Gasteiger partial charge in [0.2, 0.25) is 10.0 Å². The van der Waals surface area contributed by atoms with Gasteiger partial charge in [0.25, 0.3) is 0 Å². The highest BCUT2D eigenvalue weighted by Gasteiger charge is 2.53. The normalized spacial score (nSPS) is 14.9. The molecule has 154 valence electrons. The van der Waals surface area contributed by atoms with Crippen molar-refractivity contribution in [2.75, 3.05) is 10.0 Å². The molecule has 3 N–H and O–H groups in total. The maximum Gasteiger partial charge on any atom is 0.238 e. The number of halogens is 3. The van der Waals surface area contributed by atoms with Gasteiger partial charge < -0.3 is 5.32 Å². The first-order valence-electron chi connectivity index (χ1n) is 8.42. The largest absolute Gasteiger partial charge is 0.350 e. The highest BCUT2D eigenvalue weighted by atomic mass is 79.9. The number of rotatable bonds is 8. The molecular weight excluding hydrogens is 503 g/mol. The summed E-state index contributed by atoms with van der Waals surface area (Å²) >= 11 is 13.6. The average Bonchev–Trinajstić information content (AvgIpc) is 3.42. The third-order valence-electron chi connectivity index (χ3n) is 4.66. The van der Waals surface area contributed by atoms with Crippen molar-refractivity contribution < 1.29 is 12.8 Å². The minimum atomic E-state index is -3.83. The lowest BCUT2D eigenvalue weighted by molar-refractivity contribution is 0.582. The van der Waals surface area contributed by atoms with Crippen LogP contribution in [0.5, 0.6) is 0 Å². The molecule has 0 unspecified atom stereocenters. The number of nitrogens with one attached hydrogen (secondary N) is 3. The van der Waals surface area contributed by atoms with Crippen molar-refractivity contribution in [2.45, 2.75) is 28.9 Å². The van der Waals surface area contributed by atoms with Crippen molar-refractivity contribution in [1.29, 1.82) is 5.53 Å². The Labute approximate surface area is 187 Å². The number of sulfonamides is 1. The van der Waals surface area contributed by atoms with Gasteiger partial charge in [-0.15, -0.1) is 19.2 Å². The maximum atomic E-state index is 15.1. The fourth-order valence-electron chi connectivity index (χ4n) is 2.90. The number of hydrogen-bond acceptors (Lipinski definition) is 6. The van der Waals surface area contributed by atoms with Gasteiger partial charge >= 0.3 is 0 Å². The van der Waals surface area contributed by atoms with Gasteiger partial charge in [-0.3, -0.25) is 4.72 Å². The van der Waals surface area contributed by atoms with Crippen molar-refractivity contribution in [3.8, 4) is 0 Å². The van der Waals surface area contributed by atoms with E-state index in [4.69, 9.17) is 17.1 Å². The molecule has 0 bridgehead atoms. The predicted molar refractivity (Wildman–Crippen MR) is 120 cm³/mol. The van der Waals surface area contributed by atoms with E-state index in [1.165, 1.54) is 6.07 Å². The molecule has 1 aliphatic rings. The fraction of sp³-hybridized carbons (Fsp3) is 0.222. The molecule has 3 rings (SSSR count). The van der Waals surface area contributed by atoms with Gasteiger partial charge in [-0.2, -0.15) is 5.11 Å². The van der Waals surface area contributed by atoms with Gasteiger partial charge in [-0.1, -0.05) is 33.6 Å². The van der Waals surface area contributed by atoms with E-state index < -0.39 is 20.6 Å². The van der Waals surface area contributed by atoms with Gasteiger partial charge in [0, 0.05) is 9.37 Å². The maximum absolute atomic E-state index is 15.1. The SMILES string of the molecule is C=CCC1(S(=O)(=O)Nc2cc(S)c(N=N)c(F)c2Nc2ccc(Br)cc2Cl)CC1. The zero-order valence-electron chi connectivity index (χ0n) is 15.0. The van der Waals surface area contributed by atoms with Crippen LogP contribution in [-0.2, 0) is 10.0 Å². The summed E-state index contributed by atoms with van der Waals surface area (Å²) in [5, 5.41) is 6.27. The molecule has 1 saturated carbocycles. The van der Waals surface area contributed by atoms with Crippen molar-refractivity contribution in [1.82, 2.24) is 0 Å². The minimum Gasteiger partial charge on any atom is -0.350 e. The van der Waals surface area contributed by atoms with E-state index in [0.29, 0.717) is 24.9 Å². The third-order valence-corrected chi connectivity index (χ3v) is 8.01. The highest BCUT2D eigenvalue weighted by molar-refractivity contribution is 9.10. The van der Waals surface area contributed by atoms with E-state index in [1.807, 2.05) is 0 Å². The van der Waals surface area contributed by atoms with E-state index in [-0.39, 0.29) is 27.0 Å². The second-order valence-electron chi connectivity index (χ2n) is 6.62. The van der Waals surface area contributed by atoms with Gasteiger partial charge in [-0.25, -0.2) is 18.3 Å². The summed E-state index contributed by atoms with van der Waals surface area (Å²) in [6, 6.07) is 6.23. The first-order chi connectivity index (χ1) is 13.6. The minimum absolute atomic E-state index is 0.0243. The van der Waals surface area contributed by atoms with Crippen molar-refractivity contribution in [3.05, 3.63) is 52.2 Å². The summed E-state index contributed by atoms with van der Waals surface area (Å²) in [5.41, 5.74) is 7.00. The smallest absolute Gasteiger partial charge is 0.238 e. The second kappa shape index (κ2) is 8.25. The highest BCUT2D eigenvalue weighted by Crippen LogP contribution is 2.49. The quantitative estimate of drug-likeness (QED) is 0.176. The molecule has 0 heterocycles. The van der Waals surface area contributed by atoms with E-state index in [0.717, 1.165) is 4.47 Å². The molecule has 0 saturated heterocycles.